The number of alkyl halides is 5. The minimum Gasteiger partial charge on any atom is -0.434 e. The van der Waals surface area contributed by atoms with Gasteiger partial charge in [-0.1, -0.05) is 0 Å². The molecule has 10 heteroatoms. The van der Waals surface area contributed by atoms with Crippen molar-refractivity contribution in [1.82, 2.24) is 4.98 Å². The molecule has 112 valence electrons. The molecule has 20 heavy (non-hydrogen) atoms. The third-order valence-electron chi connectivity index (χ3n) is 2.02. The Morgan fingerprint density at radius 3 is 2.30 bits per heavy atom. The molecule has 0 aliphatic rings. The van der Waals surface area contributed by atoms with Gasteiger partial charge in [-0.25, -0.2) is 4.79 Å². The fourth-order valence-corrected chi connectivity index (χ4v) is 1.11. The largest absolute Gasteiger partial charge is 0.514 e. The Hall–Kier alpha value is -2.13. The molecular formula is C10H8F5NO4. The van der Waals surface area contributed by atoms with Crippen molar-refractivity contribution < 1.29 is 36.2 Å². The minimum atomic E-state index is -5.86. The lowest BCUT2D eigenvalue weighted by Gasteiger charge is -2.19. The molecule has 0 saturated heterocycles. The van der Waals surface area contributed by atoms with Gasteiger partial charge in [-0.15, -0.1) is 0 Å². The Bertz CT molecular complexity index is 551. The summed E-state index contributed by atoms with van der Waals surface area (Å²) in [5.74, 6) is -5.99. The first-order valence-corrected chi connectivity index (χ1v) is 5.12. The van der Waals surface area contributed by atoms with Crippen LogP contribution in [0.4, 0.5) is 26.7 Å². The fraction of sp³-hybridized carbons (Fsp3) is 0.400. The Morgan fingerprint density at radius 2 is 1.85 bits per heavy atom. The molecule has 0 bridgehead atoms. The molecule has 0 radical (unpaired) electrons. The van der Waals surface area contributed by atoms with Crippen LogP contribution in [0, 0.1) is 0 Å². The number of aromatic amines is 1. The van der Waals surface area contributed by atoms with Crippen molar-refractivity contribution >= 4 is 6.16 Å². The lowest BCUT2D eigenvalue weighted by Crippen LogP contribution is -2.36. The molecule has 1 rings (SSSR count). The van der Waals surface area contributed by atoms with Crippen LogP contribution in [0.5, 0.6) is 5.75 Å². The van der Waals surface area contributed by atoms with Crippen molar-refractivity contribution in [3.05, 3.63) is 28.2 Å². The van der Waals surface area contributed by atoms with E-state index in [-0.39, 0.29) is 6.61 Å². The molecule has 0 spiro atoms. The summed E-state index contributed by atoms with van der Waals surface area (Å²) in [6.45, 7) is 1.37. The van der Waals surface area contributed by atoms with Crippen LogP contribution in [-0.4, -0.2) is 23.9 Å². The van der Waals surface area contributed by atoms with Gasteiger partial charge < -0.3 is 14.5 Å². The Labute approximate surface area is 108 Å². The van der Waals surface area contributed by atoms with Crippen LogP contribution in [0.15, 0.2) is 16.9 Å². The highest BCUT2D eigenvalue weighted by atomic mass is 19.4. The predicted octanol–water partition coefficient (Wildman–Crippen LogP) is 2.56. The summed E-state index contributed by atoms with van der Waals surface area (Å²) < 4.78 is 70.7. The molecule has 1 aromatic heterocycles. The normalized spacial score (nSPS) is 12.1. The maximum atomic E-state index is 12.9. The van der Waals surface area contributed by atoms with E-state index in [1.165, 1.54) is 11.9 Å². The van der Waals surface area contributed by atoms with Crippen LogP contribution in [0.1, 0.15) is 12.6 Å². The zero-order valence-electron chi connectivity index (χ0n) is 9.88. The average Bonchev–Trinajstić information content (AvgIpc) is 2.30. The van der Waals surface area contributed by atoms with E-state index in [1.54, 1.807) is 0 Å². The van der Waals surface area contributed by atoms with Crippen molar-refractivity contribution in [1.29, 1.82) is 0 Å². The molecule has 0 atom stereocenters. The fourth-order valence-electron chi connectivity index (χ4n) is 1.11. The van der Waals surface area contributed by atoms with Crippen LogP contribution in [-0.2, 0) is 10.7 Å². The number of H-pyrrole nitrogens is 1. The van der Waals surface area contributed by atoms with Gasteiger partial charge >= 0.3 is 18.3 Å². The summed E-state index contributed by atoms with van der Waals surface area (Å²) in [6.07, 6.45) is -7.15. The van der Waals surface area contributed by atoms with Crippen molar-refractivity contribution in [2.24, 2.45) is 0 Å². The van der Waals surface area contributed by atoms with Gasteiger partial charge in [0.1, 0.15) is 0 Å². The number of ether oxygens (including phenoxy) is 2. The van der Waals surface area contributed by atoms with Gasteiger partial charge in [0.25, 0.3) is 5.56 Å². The second kappa shape index (κ2) is 5.47. The molecule has 0 saturated carbocycles. The smallest absolute Gasteiger partial charge is 0.434 e. The quantitative estimate of drug-likeness (QED) is 0.688. The summed E-state index contributed by atoms with van der Waals surface area (Å²) in [6, 6.07) is 0.814. The number of rotatable bonds is 3. The van der Waals surface area contributed by atoms with Crippen molar-refractivity contribution in [2.75, 3.05) is 6.61 Å². The van der Waals surface area contributed by atoms with E-state index in [9.17, 15) is 31.5 Å². The highest BCUT2D eigenvalue weighted by Crippen LogP contribution is 2.42. The Morgan fingerprint density at radius 1 is 1.25 bits per heavy atom. The molecule has 5 nitrogen and oxygen atoms in total. The lowest BCUT2D eigenvalue weighted by molar-refractivity contribution is -0.291. The van der Waals surface area contributed by atoms with Crippen LogP contribution in [0.2, 0.25) is 0 Å². The van der Waals surface area contributed by atoms with Crippen LogP contribution >= 0.6 is 0 Å². The topological polar surface area (TPSA) is 68.4 Å². The molecule has 1 heterocycles. The second-order valence-corrected chi connectivity index (χ2v) is 3.42. The van der Waals surface area contributed by atoms with Gasteiger partial charge in [-0.05, 0) is 19.1 Å². The average molecular weight is 301 g/mol. The second-order valence-electron chi connectivity index (χ2n) is 3.42. The van der Waals surface area contributed by atoms with E-state index in [2.05, 4.69) is 9.47 Å². The van der Waals surface area contributed by atoms with Gasteiger partial charge in [-0.3, -0.25) is 4.79 Å². The molecule has 1 N–H and O–H groups in total. The summed E-state index contributed by atoms with van der Waals surface area (Å²) in [7, 11) is 0. The first kappa shape index (κ1) is 15.9. The molecule has 0 fully saturated rings. The molecule has 0 aliphatic heterocycles. The van der Waals surface area contributed by atoms with E-state index in [0.717, 1.165) is 0 Å². The third-order valence-corrected chi connectivity index (χ3v) is 2.02. The van der Waals surface area contributed by atoms with Gasteiger partial charge in [0.15, 0.2) is 5.75 Å². The van der Waals surface area contributed by atoms with Crippen LogP contribution in [0.3, 0.4) is 0 Å². The van der Waals surface area contributed by atoms with Gasteiger partial charge in [0, 0.05) is 0 Å². The number of hydrogen-bond acceptors (Lipinski definition) is 4. The number of pyridine rings is 1. The summed E-state index contributed by atoms with van der Waals surface area (Å²) in [4.78, 5) is 23.5. The highest BCUT2D eigenvalue weighted by molar-refractivity contribution is 5.63. The molecule has 0 unspecified atom stereocenters. The van der Waals surface area contributed by atoms with Crippen molar-refractivity contribution in [3.8, 4) is 5.75 Å². The van der Waals surface area contributed by atoms with Crippen molar-refractivity contribution in [3.63, 3.8) is 0 Å². The van der Waals surface area contributed by atoms with E-state index in [0.29, 0.717) is 12.1 Å². The minimum absolute atomic E-state index is 0.0685. The monoisotopic (exact) mass is 301 g/mol. The zero-order chi connectivity index (χ0) is 15.6. The Balaban J connectivity index is 3.06. The SMILES string of the molecule is CCOC(=O)Oc1ccc(C(F)(F)C(F)(F)F)[nH]c1=O. The van der Waals surface area contributed by atoms with Crippen LogP contribution in [0.25, 0.3) is 0 Å². The maximum absolute atomic E-state index is 12.9. The van der Waals surface area contributed by atoms with Crippen LogP contribution < -0.4 is 10.3 Å². The number of aromatic nitrogens is 1. The van der Waals surface area contributed by atoms with Gasteiger partial charge in [0.2, 0.25) is 0 Å². The number of carbonyl (C=O) groups is 1. The molecule has 0 aliphatic carbocycles. The lowest BCUT2D eigenvalue weighted by atomic mass is 10.2. The van der Waals surface area contributed by atoms with Gasteiger partial charge in [-0.2, -0.15) is 22.0 Å². The van der Waals surface area contributed by atoms with Gasteiger partial charge in [0.05, 0.1) is 12.3 Å². The molecular weight excluding hydrogens is 293 g/mol. The molecule has 0 aromatic carbocycles. The maximum Gasteiger partial charge on any atom is 0.514 e. The third kappa shape index (κ3) is 3.25. The first-order valence-electron chi connectivity index (χ1n) is 5.12. The standard InChI is InChI=1S/C10H8F5NO4/c1-2-19-8(18)20-5-3-4-6(16-7(5)17)9(11,12)10(13,14)15/h3-4H,2H2,1H3,(H,16,17). The first-order chi connectivity index (χ1) is 9.09. The molecule has 1 aromatic rings. The summed E-state index contributed by atoms with van der Waals surface area (Å²) in [5, 5.41) is 0. The summed E-state index contributed by atoms with van der Waals surface area (Å²) >= 11 is 0. The predicted molar refractivity (Wildman–Crippen MR) is 54.7 cm³/mol. The number of nitrogens with one attached hydrogen (secondary N) is 1. The van der Waals surface area contributed by atoms with E-state index < -0.39 is 35.3 Å². The Kier molecular flexibility index (Phi) is 4.36. The zero-order valence-corrected chi connectivity index (χ0v) is 9.88. The number of hydrogen-bond donors (Lipinski definition) is 1. The summed E-state index contributed by atoms with van der Waals surface area (Å²) in [5.41, 5.74) is -3.08. The number of halogens is 5. The number of carbonyl (C=O) groups excluding carboxylic acids is 1. The van der Waals surface area contributed by atoms with E-state index >= 15 is 0 Å². The van der Waals surface area contributed by atoms with E-state index in [4.69, 9.17) is 0 Å². The van der Waals surface area contributed by atoms with E-state index in [1.807, 2.05) is 0 Å². The highest BCUT2D eigenvalue weighted by Gasteiger charge is 2.59. The van der Waals surface area contributed by atoms with Crippen molar-refractivity contribution in [2.45, 2.75) is 19.0 Å². The molecule has 0 amide bonds.